The zero-order chi connectivity index (χ0) is 15.2. The smallest absolute Gasteiger partial charge is 0.278 e. The summed E-state index contributed by atoms with van der Waals surface area (Å²) in [4.78, 5) is 4.51. The van der Waals surface area contributed by atoms with E-state index in [1.54, 1.807) is 29.8 Å². The fourth-order valence-electron chi connectivity index (χ4n) is 1.74. The highest BCUT2D eigenvalue weighted by molar-refractivity contribution is 9.10. The largest absolute Gasteiger partial charge is 0.281 e. The van der Waals surface area contributed by atoms with Crippen molar-refractivity contribution in [3.8, 4) is 0 Å². The molecule has 1 N–H and O–H groups in total. The molecule has 3 aromatic rings. The summed E-state index contributed by atoms with van der Waals surface area (Å²) in [5, 5.41) is 1.81. The van der Waals surface area contributed by atoms with Crippen LogP contribution in [0, 0.1) is 0 Å². The summed E-state index contributed by atoms with van der Waals surface area (Å²) in [5.74, 6) is 0. The standard InChI is InChI=1S/C11H6BrCl2N3O2S2/c12-6-1-2-8(7(13)5-6)16-21(18,19)10-9(14)15-11-17(10)3-4-20-11/h1-5,16H. The Balaban J connectivity index is 2.08. The van der Waals surface area contributed by atoms with Crippen molar-refractivity contribution in [2.75, 3.05) is 4.72 Å². The molecule has 0 fully saturated rings. The number of nitrogens with one attached hydrogen (secondary N) is 1. The van der Waals surface area contributed by atoms with E-state index in [9.17, 15) is 8.42 Å². The maximum Gasteiger partial charge on any atom is 0.281 e. The third-order valence-corrected chi connectivity index (χ3v) is 5.93. The van der Waals surface area contributed by atoms with Crippen molar-refractivity contribution in [1.82, 2.24) is 9.38 Å². The predicted octanol–water partition coefficient (Wildman–Crippen LogP) is 4.27. The maximum absolute atomic E-state index is 12.5. The van der Waals surface area contributed by atoms with E-state index in [4.69, 9.17) is 23.2 Å². The Kier molecular flexibility index (Phi) is 3.91. The van der Waals surface area contributed by atoms with Gasteiger partial charge in [-0.3, -0.25) is 9.12 Å². The molecule has 3 rings (SSSR count). The molecule has 0 aliphatic carbocycles. The van der Waals surface area contributed by atoms with Gasteiger partial charge >= 0.3 is 0 Å². The fourth-order valence-corrected chi connectivity index (χ4v) is 5.06. The minimum atomic E-state index is -3.91. The molecule has 5 nitrogen and oxygen atoms in total. The van der Waals surface area contributed by atoms with E-state index in [2.05, 4.69) is 25.6 Å². The van der Waals surface area contributed by atoms with Gasteiger partial charge in [-0.2, -0.15) is 8.42 Å². The predicted molar refractivity (Wildman–Crippen MR) is 88.0 cm³/mol. The quantitative estimate of drug-likeness (QED) is 0.680. The highest BCUT2D eigenvalue weighted by Gasteiger charge is 2.25. The van der Waals surface area contributed by atoms with Crippen LogP contribution in [-0.4, -0.2) is 17.8 Å². The first kappa shape index (κ1) is 15.1. The Bertz CT molecular complexity index is 936. The molecule has 0 aliphatic heterocycles. The Hall–Kier alpha value is -0.800. The number of rotatable bonds is 3. The molecular weight excluding hydrogens is 421 g/mol. The van der Waals surface area contributed by atoms with Crippen molar-refractivity contribution in [3.63, 3.8) is 0 Å². The van der Waals surface area contributed by atoms with Crippen molar-refractivity contribution in [1.29, 1.82) is 0 Å². The first-order valence-electron chi connectivity index (χ1n) is 5.47. The molecule has 0 unspecified atom stereocenters. The number of anilines is 1. The van der Waals surface area contributed by atoms with Gasteiger partial charge in [0.05, 0.1) is 10.7 Å². The number of aromatic nitrogens is 2. The van der Waals surface area contributed by atoms with Crippen LogP contribution < -0.4 is 4.72 Å². The second kappa shape index (κ2) is 5.44. The van der Waals surface area contributed by atoms with Crippen LogP contribution in [0.15, 0.2) is 39.3 Å². The van der Waals surface area contributed by atoms with Crippen LogP contribution in [0.1, 0.15) is 0 Å². The lowest BCUT2D eigenvalue weighted by molar-refractivity contribution is 0.597. The molecule has 1 aromatic carbocycles. The van der Waals surface area contributed by atoms with Gasteiger partial charge in [0.25, 0.3) is 10.0 Å². The van der Waals surface area contributed by atoms with Crippen molar-refractivity contribution in [2.45, 2.75) is 5.03 Å². The van der Waals surface area contributed by atoms with Gasteiger partial charge in [0.1, 0.15) is 0 Å². The van der Waals surface area contributed by atoms with Crippen LogP contribution in [0.4, 0.5) is 5.69 Å². The van der Waals surface area contributed by atoms with E-state index in [0.29, 0.717) is 4.96 Å². The minimum Gasteiger partial charge on any atom is -0.278 e. The van der Waals surface area contributed by atoms with Gasteiger partial charge in [0.15, 0.2) is 15.1 Å². The van der Waals surface area contributed by atoms with Gasteiger partial charge in [-0.1, -0.05) is 39.1 Å². The first-order chi connectivity index (χ1) is 9.88. The number of hydrogen-bond acceptors (Lipinski definition) is 4. The Morgan fingerprint density at radius 1 is 1.33 bits per heavy atom. The van der Waals surface area contributed by atoms with Crippen LogP contribution in [0.5, 0.6) is 0 Å². The zero-order valence-corrected chi connectivity index (χ0v) is 14.8. The van der Waals surface area contributed by atoms with Gasteiger partial charge in [0, 0.05) is 16.0 Å². The highest BCUT2D eigenvalue weighted by atomic mass is 79.9. The zero-order valence-electron chi connectivity index (χ0n) is 10.0. The molecule has 21 heavy (non-hydrogen) atoms. The number of benzene rings is 1. The lowest BCUT2D eigenvalue weighted by Crippen LogP contribution is -2.15. The number of fused-ring (bicyclic) bond motifs is 1. The summed E-state index contributed by atoms with van der Waals surface area (Å²) in [6, 6.07) is 4.84. The summed E-state index contributed by atoms with van der Waals surface area (Å²) in [6.45, 7) is 0. The summed E-state index contributed by atoms with van der Waals surface area (Å²) in [7, 11) is -3.91. The van der Waals surface area contributed by atoms with Crippen molar-refractivity contribution in [2.24, 2.45) is 0 Å². The van der Waals surface area contributed by atoms with Crippen LogP contribution in [0.2, 0.25) is 10.2 Å². The average molecular weight is 427 g/mol. The van der Waals surface area contributed by atoms with Gasteiger partial charge in [-0.05, 0) is 18.2 Å². The maximum atomic E-state index is 12.5. The van der Waals surface area contributed by atoms with Crippen molar-refractivity contribution < 1.29 is 8.42 Å². The molecule has 110 valence electrons. The lowest BCUT2D eigenvalue weighted by Gasteiger charge is -2.09. The Labute approximate surface area is 142 Å². The molecular formula is C11H6BrCl2N3O2S2. The van der Waals surface area contributed by atoms with Gasteiger partial charge in [0.2, 0.25) is 0 Å². The Morgan fingerprint density at radius 2 is 2.10 bits per heavy atom. The first-order valence-corrected chi connectivity index (χ1v) is 9.38. The summed E-state index contributed by atoms with van der Waals surface area (Å²) < 4.78 is 29.6. The number of sulfonamides is 1. The van der Waals surface area contributed by atoms with Crippen LogP contribution in [0.3, 0.4) is 0 Å². The van der Waals surface area contributed by atoms with E-state index in [-0.39, 0.29) is 20.9 Å². The highest BCUT2D eigenvalue weighted by Crippen LogP contribution is 2.30. The molecule has 0 bridgehead atoms. The molecule has 10 heteroatoms. The molecule has 2 heterocycles. The lowest BCUT2D eigenvalue weighted by atomic mass is 10.3. The van der Waals surface area contributed by atoms with Gasteiger partial charge in [-0.25, -0.2) is 4.98 Å². The van der Waals surface area contributed by atoms with Crippen LogP contribution in [-0.2, 0) is 10.0 Å². The molecule has 0 aliphatic rings. The third kappa shape index (κ3) is 2.78. The Morgan fingerprint density at radius 3 is 2.81 bits per heavy atom. The van der Waals surface area contributed by atoms with E-state index in [1.165, 1.54) is 15.7 Å². The van der Waals surface area contributed by atoms with E-state index >= 15 is 0 Å². The fraction of sp³-hybridized carbons (Fsp3) is 0. The number of nitrogens with zero attached hydrogens (tertiary/aromatic N) is 2. The third-order valence-electron chi connectivity index (χ3n) is 2.61. The second-order valence-corrected chi connectivity index (χ2v) is 8.14. The monoisotopic (exact) mass is 425 g/mol. The molecule has 0 radical (unpaired) electrons. The van der Waals surface area contributed by atoms with E-state index in [0.717, 1.165) is 4.47 Å². The molecule has 0 amide bonds. The number of hydrogen-bond donors (Lipinski definition) is 1. The normalized spacial score (nSPS) is 12.0. The molecule has 0 saturated carbocycles. The minimum absolute atomic E-state index is 0.0809. The molecule has 0 atom stereocenters. The number of halogens is 3. The van der Waals surface area contributed by atoms with Crippen molar-refractivity contribution >= 4 is 71.1 Å². The van der Waals surface area contributed by atoms with Gasteiger partial charge < -0.3 is 0 Å². The van der Waals surface area contributed by atoms with Crippen LogP contribution in [0.25, 0.3) is 4.96 Å². The topological polar surface area (TPSA) is 63.5 Å². The van der Waals surface area contributed by atoms with E-state index < -0.39 is 10.0 Å². The average Bonchev–Trinajstić information content (AvgIpc) is 2.91. The summed E-state index contributed by atoms with van der Waals surface area (Å²) in [5.41, 5.74) is 0.265. The van der Waals surface area contributed by atoms with E-state index in [1.807, 2.05) is 0 Å². The SMILES string of the molecule is O=S(=O)(Nc1ccc(Br)cc1Cl)c1c(Cl)nc2sccn12. The summed E-state index contributed by atoms with van der Waals surface area (Å²) in [6.07, 6.45) is 1.59. The number of thiazole rings is 1. The molecule has 0 saturated heterocycles. The van der Waals surface area contributed by atoms with Crippen LogP contribution >= 0.6 is 50.5 Å². The summed E-state index contributed by atoms with van der Waals surface area (Å²) >= 11 is 16.5. The number of imidazole rings is 1. The molecule has 2 aromatic heterocycles. The van der Waals surface area contributed by atoms with Crippen molar-refractivity contribution in [3.05, 3.63) is 44.4 Å². The van der Waals surface area contributed by atoms with Gasteiger partial charge in [-0.15, -0.1) is 11.3 Å². The second-order valence-electron chi connectivity index (χ2n) is 3.99. The molecule has 0 spiro atoms.